The normalized spacial score (nSPS) is 24.0. The van der Waals surface area contributed by atoms with E-state index >= 15 is 0 Å². The number of ether oxygens (including phenoxy) is 1. The average molecular weight is 304 g/mol. The summed E-state index contributed by atoms with van der Waals surface area (Å²) in [6.45, 7) is 2.01. The summed E-state index contributed by atoms with van der Waals surface area (Å²) < 4.78 is 5.21. The summed E-state index contributed by atoms with van der Waals surface area (Å²) in [6.07, 6.45) is 1.88. The summed E-state index contributed by atoms with van der Waals surface area (Å²) in [7, 11) is 0. The fraction of sp³-hybridized carbons (Fsp3) is 0.471. The predicted octanol–water partition coefficient (Wildman–Crippen LogP) is 2.69. The summed E-state index contributed by atoms with van der Waals surface area (Å²) in [6, 6.07) is 8.70. The average Bonchev–Trinajstić information content (AvgIpc) is 2.81. The first-order valence-corrected chi connectivity index (χ1v) is 7.56. The molecule has 0 aromatic heterocycles. The van der Waals surface area contributed by atoms with Crippen molar-refractivity contribution in [1.82, 2.24) is 0 Å². The van der Waals surface area contributed by atoms with E-state index in [9.17, 15) is 19.5 Å². The van der Waals surface area contributed by atoms with Crippen LogP contribution in [-0.4, -0.2) is 28.9 Å². The molecule has 3 atom stereocenters. The molecule has 0 saturated carbocycles. The van der Waals surface area contributed by atoms with Crippen molar-refractivity contribution in [2.24, 2.45) is 11.8 Å². The Bertz CT molecular complexity index is 551. The summed E-state index contributed by atoms with van der Waals surface area (Å²) >= 11 is 0. The summed E-state index contributed by atoms with van der Waals surface area (Å²) in [5, 5.41) is 9.27. The number of carbonyl (C=O) groups excluding carboxylic acids is 2. The lowest BCUT2D eigenvalue weighted by molar-refractivity contribution is -0.153. The number of aliphatic carboxylic acids is 1. The molecule has 22 heavy (non-hydrogen) atoms. The molecule has 0 amide bonds. The van der Waals surface area contributed by atoms with Gasteiger partial charge in [0.2, 0.25) is 0 Å². The Balaban J connectivity index is 2.16. The minimum Gasteiger partial charge on any atom is -0.481 e. The predicted molar refractivity (Wildman–Crippen MR) is 79.4 cm³/mol. The zero-order valence-corrected chi connectivity index (χ0v) is 12.5. The van der Waals surface area contributed by atoms with Crippen LogP contribution in [-0.2, 0) is 14.3 Å². The molecule has 1 fully saturated rings. The van der Waals surface area contributed by atoms with Crippen LogP contribution in [0.4, 0.5) is 0 Å². The molecule has 0 radical (unpaired) electrons. The number of carboxylic acids is 1. The molecule has 2 rings (SSSR count). The number of carbonyl (C=O) groups is 3. The zero-order valence-electron chi connectivity index (χ0n) is 12.5. The van der Waals surface area contributed by atoms with Crippen LogP contribution < -0.4 is 0 Å². The van der Waals surface area contributed by atoms with Crippen molar-refractivity contribution < 1.29 is 24.2 Å². The van der Waals surface area contributed by atoms with Gasteiger partial charge in [-0.2, -0.15) is 0 Å². The molecule has 1 aromatic carbocycles. The van der Waals surface area contributed by atoms with E-state index in [0.717, 1.165) is 12.8 Å². The lowest BCUT2D eigenvalue weighted by Gasteiger charge is -2.18. The number of unbranched alkanes of at least 4 members (excludes halogenated alkanes) is 1. The van der Waals surface area contributed by atoms with E-state index in [2.05, 4.69) is 0 Å². The minimum atomic E-state index is -1.24. The highest BCUT2D eigenvalue weighted by atomic mass is 16.6. The molecule has 0 unspecified atom stereocenters. The highest BCUT2D eigenvalue weighted by molar-refractivity contribution is 5.99. The Morgan fingerprint density at radius 2 is 1.91 bits per heavy atom. The third-order valence-electron chi connectivity index (χ3n) is 4.05. The number of hydrogen-bond donors (Lipinski definition) is 1. The molecule has 1 aromatic rings. The Kier molecular flexibility index (Phi) is 5.31. The molecule has 1 saturated heterocycles. The van der Waals surface area contributed by atoms with Crippen LogP contribution in [0.3, 0.4) is 0 Å². The molecule has 5 heteroatoms. The topological polar surface area (TPSA) is 80.7 Å². The van der Waals surface area contributed by atoms with Gasteiger partial charge in [-0.05, 0) is 6.42 Å². The van der Waals surface area contributed by atoms with Crippen LogP contribution >= 0.6 is 0 Å². The van der Waals surface area contributed by atoms with E-state index in [1.165, 1.54) is 0 Å². The molecule has 1 aliphatic rings. The van der Waals surface area contributed by atoms with Gasteiger partial charge in [0.25, 0.3) is 0 Å². The maximum absolute atomic E-state index is 12.3. The molecule has 1 heterocycles. The molecular weight excluding hydrogens is 284 g/mol. The van der Waals surface area contributed by atoms with Gasteiger partial charge in [-0.25, -0.2) is 0 Å². The second kappa shape index (κ2) is 7.20. The highest BCUT2D eigenvalue weighted by Gasteiger charge is 2.49. The van der Waals surface area contributed by atoms with Gasteiger partial charge in [0.1, 0.15) is 6.10 Å². The maximum atomic E-state index is 12.3. The first-order chi connectivity index (χ1) is 10.5. The van der Waals surface area contributed by atoms with Gasteiger partial charge in [0, 0.05) is 17.9 Å². The summed E-state index contributed by atoms with van der Waals surface area (Å²) in [4.78, 5) is 35.5. The Morgan fingerprint density at radius 1 is 1.23 bits per heavy atom. The highest BCUT2D eigenvalue weighted by Crippen LogP contribution is 2.35. The second-order valence-electron chi connectivity index (χ2n) is 5.59. The first kappa shape index (κ1) is 16.2. The third-order valence-corrected chi connectivity index (χ3v) is 4.05. The van der Waals surface area contributed by atoms with Gasteiger partial charge in [-0.1, -0.05) is 50.1 Å². The van der Waals surface area contributed by atoms with E-state index in [-0.39, 0.29) is 12.2 Å². The standard InChI is InChI=1S/C17H20O5/c1-2-3-9-14-12(15(16(19)20)17(21)22-14)10-13(18)11-7-5-4-6-8-11/h4-8,12,14-15H,2-3,9-10H2,1H3,(H,19,20)/t12-,14+,15-/m1/s1. The van der Waals surface area contributed by atoms with Crippen LogP contribution in [0.2, 0.25) is 0 Å². The van der Waals surface area contributed by atoms with Crippen LogP contribution in [0.25, 0.3) is 0 Å². The van der Waals surface area contributed by atoms with Crippen LogP contribution in [0.5, 0.6) is 0 Å². The lowest BCUT2D eigenvalue weighted by Crippen LogP contribution is -2.29. The molecule has 1 aliphatic heterocycles. The van der Waals surface area contributed by atoms with Crippen LogP contribution in [0, 0.1) is 11.8 Å². The van der Waals surface area contributed by atoms with Crippen molar-refractivity contribution in [1.29, 1.82) is 0 Å². The molecular formula is C17H20O5. The second-order valence-corrected chi connectivity index (χ2v) is 5.59. The van der Waals surface area contributed by atoms with Crippen molar-refractivity contribution in [3.63, 3.8) is 0 Å². The zero-order chi connectivity index (χ0) is 16.1. The van der Waals surface area contributed by atoms with E-state index in [1.807, 2.05) is 13.0 Å². The molecule has 1 N–H and O–H groups in total. The van der Waals surface area contributed by atoms with E-state index < -0.39 is 29.9 Å². The lowest BCUT2D eigenvalue weighted by atomic mass is 9.83. The van der Waals surface area contributed by atoms with Gasteiger partial charge in [0.15, 0.2) is 11.7 Å². The largest absolute Gasteiger partial charge is 0.481 e. The molecule has 0 aliphatic carbocycles. The van der Waals surface area contributed by atoms with Gasteiger partial charge < -0.3 is 9.84 Å². The quantitative estimate of drug-likeness (QED) is 0.476. The first-order valence-electron chi connectivity index (χ1n) is 7.56. The van der Waals surface area contributed by atoms with Crippen molar-refractivity contribution in [3.8, 4) is 0 Å². The number of benzene rings is 1. The maximum Gasteiger partial charge on any atom is 0.321 e. The number of esters is 1. The molecule has 5 nitrogen and oxygen atoms in total. The monoisotopic (exact) mass is 304 g/mol. The minimum absolute atomic E-state index is 0.0150. The third kappa shape index (κ3) is 3.53. The molecule has 0 spiro atoms. The molecule has 0 bridgehead atoms. The summed E-state index contributed by atoms with van der Waals surface area (Å²) in [5.41, 5.74) is 0.528. The Labute approximate surface area is 129 Å². The number of carboxylic acid groups (broad SMARTS) is 1. The Morgan fingerprint density at radius 3 is 2.50 bits per heavy atom. The van der Waals surface area contributed by atoms with Crippen molar-refractivity contribution in [3.05, 3.63) is 35.9 Å². The van der Waals surface area contributed by atoms with Crippen molar-refractivity contribution >= 4 is 17.7 Å². The Hall–Kier alpha value is -2.17. The van der Waals surface area contributed by atoms with E-state index in [0.29, 0.717) is 12.0 Å². The fourth-order valence-electron chi connectivity index (χ4n) is 2.87. The van der Waals surface area contributed by atoms with Crippen molar-refractivity contribution in [2.75, 3.05) is 0 Å². The van der Waals surface area contributed by atoms with Gasteiger partial charge >= 0.3 is 11.9 Å². The van der Waals surface area contributed by atoms with E-state index in [4.69, 9.17) is 4.74 Å². The van der Waals surface area contributed by atoms with Gasteiger partial charge in [-0.3, -0.25) is 14.4 Å². The van der Waals surface area contributed by atoms with E-state index in [1.54, 1.807) is 24.3 Å². The SMILES string of the molecule is CCCC[C@@H]1OC(=O)[C@@H](C(=O)O)[C@@H]1CC(=O)c1ccccc1. The number of Topliss-reactive ketones (excluding diaryl/α,β-unsaturated/α-hetero) is 1. The molecule has 118 valence electrons. The van der Waals surface area contributed by atoms with Crippen molar-refractivity contribution in [2.45, 2.75) is 38.7 Å². The fourth-order valence-corrected chi connectivity index (χ4v) is 2.87. The van der Waals surface area contributed by atoms with Gasteiger partial charge in [0.05, 0.1) is 0 Å². The number of hydrogen-bond acceptors (Lipinski definition) is 4. The van der Waals surface area contributed by atoms with Crippen LogP contribution in [0.15, 0.2) is 30.3 Å². The van der Waals surface area contributed by atoms with Crippen LogP contribution in [0.1, 0.15) is 43.0 Å². The number of ketones is 1. The number of rotatable bonds is 7. The smallest absolute Gasteiger partial charge is 0.321 e. The number of cyclic esters (lactones) is 1. The van der Waals surface area contributed by atoms with Gasteiger partial charge in [-0.15, -0.1) is 0 Å². The summed E-state index contributed by atoms with van der Waals surface area (Å²) in [5.74, 6) is -3.93.